The largest absolute Gasteiger partial charge is 0.306 e. The molecule has 0 aliphatic carbocycles. The van der Waals surface area contributed by atoms with Gasteiger partial charge in [0, 0.05) is 33.8 Å². The molecule has 0 amide bonds. The molecular formula is C17H13BrCl2N2S. The summed E-state index contributed by atoms with van der Waals surface area (Å²) in [5, 5.41) is 5.75. The van der Waals surface area contributed by atoms with E-state index in [1.54, 1.807) is 17.4 Å². The number of nitrogens with zero attached hydrogens (tertiary/aromatic N) is 1. The fourth-order valence-corrected chi connectivity index (χ4v) is 3.74. The summed E-state index contributed by atoms with van der Waals surface area (Å²) in [6, 6.07) is 13.8. The van der Waals surface area contributed by atoms with Crippen molar-refractivity contribution in [3.05, 3.63) is 73.8 Å². The minimum Gasteiger partial charge on any atom is -0.306 e. The third-order valence-corrected chi connectivity index (χ3v) is 5.45. The van der Waals surface area contributed by atoms with E-state index in [0.717, 1.165) is 15.0 Å². The van der Waals surface area contributed by atoms with Crippen molar-refractivity contribution in [1.82, 2.24) is 10.3 Å². The predicted molar refractivity (Wildman–Crippen MR) is 102 cm³/mol. The van der Waals surface area contributed by atoms with E-state index in [2.05, 4.69) is 38.4 Å². The lowest BCUT2D eigenvalue weighted by atomic mass is 10.2. The Bertz CT molecular complexity index is 803. The molecule has 1 N–H and O–H groups in total. The summed E-state index contributed by atoms with van der Waals surface area (Å²) in [6.07, 6.45) is 1.92. The van der Waals surface area contributed by atoms with E-state index in [0.29, 0.717) is 23.1 Å². The highest BCUT2D eigenvalue weighted by atomic mass is 79.9. The first kappa shape index (κ1) is 16.9. The second-order valence-electron chi connectivity index (χ2n) is 4.96. The van der Waals surface area contributed by atoms with Gasteiger partial charge in [0.1, 0.15) is 5.01 Å². The molecule has 1 heterocycles. The Morgan fingerprint density at radius 1 is 1.04 bits per heavy atom. The van der Waals surface area contributed by atoms with E-state index in [1.165, 1.54) is 10.4 Å². The van der Waals surface area contributed by atoms with E-state index in [-0.39, 0.29) is 0 Å². The summed E-state index contributed by atoms with van der Waals surface area (Å²) < 4.78 is 1.08. The molecule has 1 aromatic heterocycles. The van der Waals surface area contributed by atoms with Crippen LogP contribution >= 0.6 is 50.5 Å². The Morgan fingerprint density at radius 3 is 2.57 bits per heavy atom. The zero-order valence-corrected chi connectivity index (χ0v) is 15.9. The zero-order chi connectivity index (χ0) is 16.2. The first-order chi connectivity index (χ1) is 11.1. The van der Waals surface area contributed by atoms with Gasteiger partial charge in [-0.3, -0.25) is 0 Å². The molecule has 0 fully saturated rings. The topological polar surface area (TPSA) is 24.9 Å². The second kappa shape index (κ2) is 7.77. The van der Waals surface area contributed by atoms with Crippen LogP contribution in [0.5, 0.6) is 0 Å². The standard InChI is InChI=1S/C17H13BrCl2N2S/c18-13-4-1-11(2-5-13)16-9-22-17(23-16)10-21-8-12-3-6-14(19)7-15(12)20/h1-7,9,21H,8,10H2. The van der Waals surface area contributed by atoms with E-state index in [1.807, 2.05) is 30.5 Å². The van der Waals surface area contributed by atoms with Gasteiger partial charge >= 0.3 is 0 Å². The Labute approximate surface area is 157 Å². The number of rotatable bonds is 5. The normalized spacial score (nSPS) is 10.9. The molecule has 0 bridgehead atoms. The Balaban J connectivity index is 1.60. The molecule has 0 radical (unpaired) electrons. The lowest BCUT2D eigenvalue weighted by Gasteiger charge is -2.05. The highest BCUT2D eigenvalue weighted by Gasteiger charge is 2.05. The van der Waals surface area contributed by atoms with E-state index < -0.39 is 0 Å². The molecule has 2 nitrogen and oxygen atoms in total. The van der Waals surface area contributed by atoms with Crippen molar-refractivity contribution in [2.75, 3.05) is 0 Å². The van der Waals surface area contributed by atoms with E-state index >= 15 is 0 Å². The highest BCUT2D eigenvalue weighted by molar-refractivity contribution is 9.10. The molecule has 118 valence electrons. The summed E-state index contributed by atoms with van der Waals surface area (Å²) in [5.41, 5.74) is 2.21. The monoisotopic (exact) mass is 426 g/mol. The van der Waals surface area contributed by atoms with Gasteiger partial charge < -0.3 is 5.32 Å². The number of hydrogen-bond acceptors (Lipinski definition) is 3. The van der Waals surface area contributed by atoms with E-state index in [4.69, 9.17) is 23.2 Å². The zero-order valence-electron chi connectivity index (χ0n) is 12.0. The molecule has 23 heavy (non-hydrogen) atoms. The summed E-state index contributed by atoms with van der Waals surface area (Å²) in [7, 11) is 0. The molecule has 0 saturated heterocycles. The van der Waals surface area contributed by atoms with Crippen molar-refractivity contribution >= 4 is 50.5 Å². The van der Waals surface area contributed by atoms with Crippen molar-refractivity contribution < 1.29 is 0 Å². The quantitative estimate of drug-likeness (QED) is 0.526. The Hall–Kier alpha value is -0.910. The fraction of sp³-hybridized carbons (Fsp3) is 0.118. The third-order valence-electron chi connectivity index (χ3n) is 3.29. The summed E-state index contributed by atoms with van der Waals surface area (Å²) in [4.78, 5) is 5.64. The van der Waals surface area contributed by atoms with Crippen LogP contribution < -0.4 is 5.32 Å². The van der Waals surface area contributed by atoms with Gasteiger partial charge in [-0.05, 0) is 35.4 Å². The molecule has 0 aliphatic rings. The van der Waals surface area contributed by atoms with Crippen LogP contribution in [0.2, 0.25) is 10.0 Å². The molecule has 3 rings (SSSR count). The Kier molecular flexibility index (Phi) is 5.72. The van der Waals surface area contributed by atoms with Gasteiger partial charge in [0.2, 0.25) is 0 Å². The van der Waals surface area contributed by atoms with Gasteiger partial charge in [-0.2, -0.15) is 0 Å². The first-order valence-electron chi connectivity index (χ1n) is 6.97. The lowest BCUT2D eigenvalue weighted by molar-refractivity contribution is 0.690. The molecule has 3 aromatic rings. The summed E-state index contributed by atoms with van der Waals surface area (Å²) in [6.45, 7) is 1.39. The lowest BCUT2D eigenvalue weighted by Crippen LogP contribution is -2.12. The van der Waals surface area contributed by atoms with Crippen molar-refractivity contribution in [3.8, 4) is 10.4 Å². The molecular weight excluding hydrogens is 415 g/mol. The average Bonchev–Trinajstić information content (AvgIpc) is 2.99. The maximum atomic E-state index is 6.17. The summed E-state index contributed by atoms with van der Waals surface area (Å²) >= 11 is 17.2. The van der Waals surface area contributed by atoms with Crippen LogP contribution in [0.4, 0.5) is 0 Å². The van der Waals surface area contributed by atoms with Crippen LogP contribution in [0.15, 0.2) is 53.1 Å². The van der Waals surface area contributed by atoms with Crippen LogP contribution in [0, 0.1) is 0 Å². The van der Waals surface area contributed by atoms with Crippen LogP contribution in [-0.4, -0.2) is 4.98 Å². The van der Waals surface area contributed by atoms with Crippen molar-refractivity contribution in [3.63, 3.8) is 0 Å². The SMILES string of the molecule is Clc1ccc(CNCc2ncc(-c3ccc(Br)cc3)s2)c(Cl)c1. The number of nitrogens with one attached hydrogen (secondary N) is 1. The van der Waals surface area contributed by atoms with Crippen molar-refractivity contribution in [1.29, 1.82) is 0 Å². The van der Waals surface area contributed by atoms with Crippen LogP contribution in [0.1, 0.15) is 10.6 Å². The first-order valence-corrected chi connectivity index (χ1v) is 9.33. The minimum absolute atomic E-state index is 0.651. The van der Waals surface area contributed by atoms with E-state index in [9.17, 15) is 0 Å². The number of thiazole rings is 1. The molecule has 6 heteroatoms. The maximum Gasteiger partial charge on any atom is 0.107 e. The van der Waals surface area contributed by atoms with Crippen molar-refractivity contribution in [2.45, 2.75) is 13.1 Å². The van der Waals surface area contributed by atoms with Crippen molar-refractivity contribution in [2.24, 2.45) is 0 Å². The molecule has 0 unspecified atom stereocenters. The molecule has 0 saturated carbocycles. The van der Waals surface area contributed by atoms with Crippen LogP contribution in [0.3, 0.4) is 0 Å². The molecule has 2 aromatic carbocycles. The van der Waals surface area contributed by atoms with Gasteiger partial charge in [0.25, 0.3) is 0 Å². The van der Waals surface area contributed by atoms with Gasteiger partial charge in [-0.15, -0.1) is 11.3 Å². The average molecular weight is 428 g/mol. The fourth-order valence-electron chi connectivity index (χ4n) is 2.11. The minimum atomic E-state index is 0.651. The Morgan fingerprint density at radius 2 is 1.83 bits per heavy atom. The highest BCUT2D eigenvalue weighted by Crippen LogP contribution is 2.27. The smallest absolute Gasteiger partial charge is 0.107 e. The number of hydrogen-bond donors (Lipinski definition) is 1. The van der Waals surface area contributed by atoms with Gasteiger partial charge in [-0.25, -0.2) is 4.98 Å². The number of benzene rings is 2. The summed E-state index contributed by atoms with van der Waals surface area (Å²) in [5.74, 6) is 0. The van der Waals surface area contributed by atoms with Gasteiger partial charge in [0.05, 0.1) is 4.88 Å². The molecule has 0 spiro atoms. The van der Waals surface area contributed by atoms with Gasteiger partial charge in [-0.1, -0.05) is 57.3 Å². The van der Waals surface area contributed by atoms with Crippen LogP contribution in [0.25, 0.3) is 10.4 Å². The van der Waals surface area contributed by atoms with Crippen LogP contribution in [-0.2, 0) is 13.1 Å². The molecule has 0 aliphatic heterocycles. The second-order valence-corrected chi connectivity index (χ2v) is 7.84. The number of halogens is 3. The number of aromatic nitrogens is 1. The van der Waals surface area contributed by atoms with Gasteiger partial charge in [0.15, 0.2) is 0 Å². The third kappa shape index (κ3) is 4.55. The maximum absolute atomic E-state index is 6.17. The molecule has 0 atom stereocenters. The predicted octanol–water partition coefficient (Wildman–Crippen LogP) is 6.17.